The van der Waals surface area contributed by atoms with Crippen molar-refractivity contribution >= 4 is 16.9 Å². The summed E-state index contributed by atoms with van der Waals surface area (Å²) in [4.78, 5) is 24.0. The van der Waals surface area contributed by atoms with Gasteiger partial charge in [-0.3, -0.25) is 4.79 Å². The number of ether oxygens (including phenoxy) is 3. The first-order valence-electron chi connectivity index (χ1n) is 10.1. The number of fused-ring (bicyclic) bond motifs is 1. The van der Waals surface area contributed by atoms with Crippen molar-refractivity contribution in [1.82, 2.24) is 0 Å². The van der Waals surface area contributed by atoms with E-state index in [1.807, 2.05) is 26.8 Å². The molecule has 0 bridgehead atoms. The normalized spacial score (nSPS) is 11.5. The maximum Gasteiger partial charge on any atom is 0.383 e. The van der Waals surface area contributed by atoms with Crippen LogP contribution in [0.1, 0.15) is 54.4 Å². The van der Waals surface area contributed by atoms with Gasteiger partial charge in [0, 0.05) is 6.92 Å². The highest BCUT2D eigenvalue weighted by Gasteiger charge is 2.21. The third-order valence-electron chi connectivity index (χ3n) is 4.17. The Morgan fingerprint density at radius 1 is 1.10 bits per heavy atom. The fourth-order valence-electron chi connectivity index (χ4n) is 2.82. The van der Waals surface area contributed by atoms with Crippen LogP contribution in [0.2, 0.25) is 0 Å². The van der Waals surface area contributed by atoms with E-state index in [0.717, 1.165) is 12.8 Å². The Balaban J connectivity index is 2.37. The van der Waals surface area contributed by atoms with Crippen LogP contribution in [-0.4, -0.2) is 18.7 Å². The SMILES string of the molecule is CC(=O)Oc1cccc2c(OC(C)C)c(OCC=C(C)CCC=C(C)C)c(=O)oc12. The third-order valence-corrected chi connectivity index (χ3v) is 4.17. The maximum atomic E-state index is 12.7. The van der Waals surface area contributed by atoms with Crippen LogP contribution in [0.25, 0.3) is 11.0 Å². The van der Waals surface area contributed by atoms with Gasteiger partial charge < -0.3 is 18.6 Å². The molecule has 0 aliphatic carbocycles. The van der Waals surface area contributed by atoms with Crippen molar-refractivity contribution in [2.45, 2.75) is 60.5 Å². The highest BCUT2D eigenvalue weighted by Crippen LogP contribution is 2.37. The van der Waals surface area contributed by atoms with Gasteiger partial charge in [-0.15, -0.1) is 0 Å². The van der Waals surface area contributed by atoms with Gasteiger partial charge in [0.2, 0.25) is 5.75 Å². The fourth-order valence-corrected chi connectivity index (χ4v) is 2.82. The third kappa shape index (κ3) is 6.51. The van der Waals surface area contributed by atoms with Crippen molar-refractivity contribution in [3.8, 4) is 17.2 Å². The van der Waals surface area contributed by atoms with Gasteiger partial charge in [0.15, 0.2) is 17.1 Å². The standard InChI is InChI=1S/C24H30O6/c1-15(2)9-7-10-17(5)13-14-27-23-22(28-16(3)4)19-11-8-12-20(29-18(6)25)21(19)30-24(23)26/h8-9,11-13,16H,7,10,14H2,1-6H3. The Kier molecular flexibility index (Phi) is 8.27. The van der Waals surface area contributed by atoms with Gasteiger partial charge in [-0.2, -0.15) is 0 Å². The smallest absolute Gasteiger partial charge is 0.383 e. The van der Waals surface area contributed by atoms with Crippen molar-refractivity contribution in [2.24, 2.45) is 0 Å². The van der Waals surface area contributed by atoms with Crippen LogP contribution >= 0.6 is 0 Å². The minimum atomic E-state index is -0.687. The molecule has 1 aromatic heterocycles. The van der Waals surface area contributed by atoms with Gasteiger partial charge in [0.05, 0.1) is 11.5 Å². The van der Waals surface area contributed by atoms with Crippen LogP contribution in [0.15, 0.2) is 50.7 Å². The van der Waals surface area contributed by atoms with E-state index in [1.54, 1.807) is 18.2 Å². The quantitative estimate of drug-likeness (QED) is 0.231. The van der Waals surface area contributed by atoms with Gasteiger partial charge in [-0.25, -0.2) is 4.79 Å². The minimum absolute atomic E-state index is 0.00419. The largest absolute Gasteiger partial charge is 0.486 e. The monoisotopic (exact) mass is 414 g/mol. The van der Waals surface area contributed by atoms with E-state index >= 15 is 0 Å². The summed E-state index contributed by atoms with van der Waals surface area (Å²) in [5, 5.41) is 0.501. The Morgan fingerprint density at radius 3 is 2.47 bits per heavy atom. The van der Waals surface area contributed by atoms with Crippen molar-refractivity contribution < 1.29 is 23.4 Å². The molecule has 2 rings (SSSR count). The van der Waals surface area contributed by atoms with Crippen molar-refractivity contribution in [3.63, 3.8) is 0 Å². The van der Waals surface area contributed by atoms with Crippen molar-refractivity contribution in [1.29, 1.82) is 0 Å². The Bertz CT molecular complexity index is 1010. The number of para-hydroxylation sites is 1. The molecule has 162 valence electrons. The van der Waals surface area contributed by atoms with Crippen LogP contribution < -0.4 is 19.8 Å². The van der Waals surface area contributed by atoms with E-state index < -0.39 is 11.6 Å². The predicted octanol–water partition coefficient (Wildman–Crippen LogP) is 5.58. The molecule has 30 heavy (non-hydrogen) atoms. The lowest BCUT2D eigenvalue weighted by molar-refractivity contribution is -0.131. The highest BCUT2D eigenvalue weighted by molar-refractivity contribution is 5.91. The molecule has 1 aromatic carbocycles. The molecule has 0 fully saturated rings. The number of carbonyl (C=O) groups excluding carboxylic acids is 1. The van der Waals surface area contributed by atoms with E-state index in [-0.39, 0.29) is 35.5 Å². The molecule has 0 unspecified atom stereocenters. The predicted molar refractivity (Wildman–Crippen MR) is 117 cm³/mol. The van der Waals surface area contributed by atoms with E-state index in [0.29, 0.717) is 5.39 Å². The number of carbonyl (C=O) groups is 1. The van der Waals surface area contributed by atoms with E-state index in [1.165, 1.54) is 18.1 Å². The first-order valence-corrected chi connectivity index (χ1v) is 10.1. The molecule has 6 nitrogen and oxygen atoms in total. The summed E-state index contributed by atoms with van der Waals surface area (Å²) >= 11 is 0. The van der Waals surface area contributed by atoms with Crippen LogP contribution in [0.3, 0.4) is 0 Å². The summed E-state index contributed by atoms with van der Waals surface area (Å²) < 4.78 is 22.3. The van der Waals surface area contributed by atoms with Gasteiger partial charge in [0.25, 0.3) is 0 Å². The lowest BCUT2D eigenvalue weighted by Gasteiger charge is -2.16. The molecule has 1 heterocycles. The summed E-state index contributed by atoms with van der Waals surface area (Å²) in [5.74, 6) is -0.0665. The van der Waals surface area contributed by atoms with Gasteiger partial charge in [-0.1, -0.05) is 23.3 Å². The lowest BCUT2D eigenvalue weighted by atomic mass is 10.1. The van der Waals surface area contributed by atoms with E-state index in [4.69, 9.17) is 18.6 Å². The van der Waals surface area contributed by atoms with Gasteiger partial charge >= 0.3 is 11.6 Å². The van der Waals surface area contributed by atoms with Gasteiger partial charge in [0.1, 0.15) is 6.61 Å². The van der Waals surface area contributed by atoms with Crippen LogP contribution in [-0.2, 0) is 4.79 Å². The molecule has 0 aliphatic heterocycles. The molecule has 0 amide bonds. The Hall–Kier alpha value is -3.02. The average Bonchev–Trinajstić information content (AvgIpc) is 2.63. The Morgan fingerprint density at radius 2 is 1.83 bits per heavy atom. The molecule has 0 spiro atoms. The summed E-state index contributed by atoms with van der Waals surface area (Å²) in [5.41, 5.74) is 1.92. The summed E-state index contributed by atoms with van der Waals surface area (Å²) in [7, 11) is 0. The minimum Gasteiger partial charge on any atom is -0.486 e. The van der Waals surface area contributed by atoms with Crippen LogP contribution in [0.5, 0.6) is 17.2 Å². The molecule has 0 N–H and O–H groups in total. The summed E-state index contributed by atoms with van der Waals surface area (Å²) in [6.45, 7) is 11.4. The number of benzene rings is 1. The van der Waals surface area contributed by atoms with Crippen LogP contribution in [0, 0.1) is 0 Å². The summed E-state index contributed by atoms with van der Waals surface area (Å²) in [6.07, 6.45) is 5.81. The van der Waals surface area contributed by atoms with Crippen molar-refractivity contribution in [3.05, 3.63) is 51.9 Å². The molecule has 0 atom stereocenters. The zero-order chi connectivity index (χ0) is 22.3. The number of hydrogen-bond donors (Lipinski definition) is 0. The van der Waals surface area contributed by atoms with Crippen LogP contribution in [0.4, 0.5) is 0 Å². The number of esters is 1. The number of rotatable bonds is 9. The maximum absolute atomic E-state index is 12.7. The molecule has 2 aromatic rings. The highest BCUT2D eigenvalue weighted by atomic mass is 16.6. The first kappa shape index (κ1) is 23.3. The van der Waals surface area contributed by atoms with Gasteiger partial charge in [-0.05, 0) is 65.7 Å². The topological polar surface area (TPSA) is 75.0 Å². The lowest BCUT2D eigenvalue weighted by Crippen LogP contribution is -2.14. The Labute approximate surface area is 177 Å². The van der Waals surface area contributed by atoms with E-state index in [2.05, 4.69) is 19.9 Å². The second kappa shape index (κ2) is 10.7. The van der Waals surface area contributed by atoms with Crippen molar-refractivity contribution in [2.75, 3.05) is 6.61 Å². The number of allylic oxidation sites excluding steroid dienone is 3. The molecule has 6 heteroatoms. The van der Waals surface area contributed by atoms with E-state index in [9.17, 15) is 9.59 Å². The zero-order valence-electron chi connectivity index (χ0n) is 18.5. The first-order chi connectivity index (χ1) is 14.2. The molecule has 0 radical (unpaired) electrons. The average molecular weight is 414 g/mol. The molecule has 0 aliphatic rings. The molecular formula is C24H30O6. The second-order valence-corrected chi connectivity index (χ2v) is 7.62. The summed E-state index contributed by atoms with van der Waals surface area (Å²) in [6, 6.07) is 4.99. The number of hydrogen-bond acceptors (Lipinski definition) is 6. The fraction of sp³-hybridized carbons (Fsp3) is 0.417. The molecule has 0 saturated carbocycles. The molecule has 0 saturated heterocycles. The zero-order valence-corrected chi connectivity index (χ0v) is 18.5. The molecular weight excluding hydrogens is 384 g/mol. The second-order valence-electron chi connectivity index (χ2n) is 7.62.